The maximum Gasteiger partial charge on any atom is 0.251 e. The number of aryl methyl sites for hydroxylation is 1. The third kappa shape index (κ3) is 5.35. The molecule has 0 aliphatic carbocycles. The fraction of sp³-hybridized carbons (Fsp3) is 0.120. The van der Waals surface area contributed by atoms with Crippen LogP contribution in [0.2, 0.25) is 0 Å². The molecule has 1 amide bonds. The highest BCUT2D eigenvalue weighted by atomic mass is 35.5. The second-order valence-electron chi connectivity index (χ2n) is 7.14. The van der Waals surface area contributed by atoms with Crippen molar-refractivity contribution in [3.8, 4) is 0 Å². The molecule has 1 unspecified atom stereocenters. The van der Waals surface area contributed by atoms with E-state index in [-0.39, 0.29) is 30.7 Å². The molecule has 1 heterocycles. The second-order valence-corrected chi connectivity index (χ2v) is 7.14. The van der Waals surface area contributed by atoms with Gasteiger partial charge < -0.3 is 10.2 Å². The van der Waals surface area contributed by atoms with E-state index in [1.165, 1.54) is 0 Å². The van der Waals surface area contributed by atoms with Crippen molar-refractivity contribution >= 4 is 52.9 Å². The molecule has 0 aliphatic heterocycles. The minimum Gasteiger partial charge on any atom is -0.359 e. The number of pyridine rings is 1. The summed E-state index contributed by atoms with van der Waals surface area (Å²) in [5, 5.41) is 5.19. The van der Waals surface area contributed by atoms with Crippen molar-refractivity contribution in [2.75, 3.05) is 17.3 Å². The molecule has 0 saturated heterocycles. The summed E-state index contributed by atoms with van der Waals surface area (Å²) in [6, 6.07) is 25.3. The third-order valence-corrected chi connectivity index (χ3v) is 5.15. The van der Waals surface area contributed by atoms with Crippen LogP contribution in [0.25, 0.3) is 10.8 Å². The molecule has 4 aromatic rings. The number of amides is 1. The van der Waals surface area contributed by atoms with E-state index in [1.807, 2.05) is 90.9 Å². The number of carbonyl (C=O) groups is 1. The zero-order chi connectivity index (χ0) is 20.2. The van der Waals surface area contributed by atoms with Crippen LogP contribution in [0.1, 0.15) is 17.2 Å². The topological polar surface area (TPSA) is 45.2 Å². The van der Waals surface area contributed by atoms with E-state index in [4.69, 9.17) is 0 Å². The molecule has 4 rings (SSSR count). The van der Waals surface area contributed by atoms with Gasteiger partial charge in [0.25, 0.3) is 5.91 Å². The molecule has 1 atom stereocenters. The maximum atomic E-state index is 13.4. The predicted molar refractivity (Wildman–Crippen MR) is 134 cm³/mol. The van der Waals surface area contributed by atoms with Gasteiger partial charge in [0.05, 0.1) is 0 Å². The number of hydrogen-bond donors (Lipinski definition) is 1. The van der Waals surface area contributed by atoms with Crippen molar-refractivity contribution in [3.63, 3.8) is 0 Å². The number of rotatable bonds is 5. The summed E-state index contributed by atoms with van der Waals surface area (Å²) in [4.78, 5) is 19.6. The van der Waals surface area contributed by atoms with Gasteiger partial charge in [0.1, 0.15) is 6.04 Å². The van der Waals surface area contributed by atoms with Crippen molar-refractivity contribution in [1.82, 2.24) is 4.98 Å². The van der Waals surface area contributed by atoms with E-state index in [0.717, 1.165) is 33.3 Å². The summed E-state index contributed by atoms with van der Waals surface area (Å²) in [7, 11) is 1.96. The van der Waals surface area contributed by atoms with E-state index >= 15 is 0 Å². The first-order valence-corrected chi connectivity index (χ1v) is 9.61. The standard InChI is InChI=1S/C25H23N3O.2ClH/c1-18-8-6-7-11-23(18)28(2)24(19-9-4-3-5-10-19)25(29)27-22-13-12-21-17-26-15-14-20(21)16-22;;/h3-17,24H,1-2H3,(H,27,29);2*1H. The Balaban J connectivity index is 0.00000171. The highest BCUT2D eigenvalue weighted by molar-refractivity contribution is 5.99. The van der Waals surface area contributed by atoms with Crippen LogP contribution < -0.4 is 10.2 Å². The first kappa shape index (κ1) is 24.2. The number of benzene rings is 3. The Bertz CT molecular complexity index is 1150. The van der Waals surface area contributed by atoms with Crippen LogP contribution in [-0.2, 0) is 4.79 Å². The molecular formula is C25H25Cl2N3O. The first-order valence-electron chi connectivity index (χ1n) is 9.61. The number of halogens is 2. The number of fused-ring (bicyclic) bond motifs is 1. The third-order valence-electron chi connectivity index (χ3n) is 5.15. The highest BCUT2D eigenvalue weighted by Crippen LogP contribution is 2.29. The van der Waals surface area contributed by atoms with E-state index in [9.17, 15) is 4.79 Å². The minimum atomic E-state index is -0.453. The van der Waals surface area contributed by atoms with Gasteiger partial charge >= 0.3 is 0 Å². The van der Waals surface area contributed by atoms with E-state index in [0.29, 0.717) is 0 Å². The molecule has 0 saturated carbocycles. The summed E-state index contributed by atoms with van der Waals surface area (Å²) < 4.78 is 0. The van der Waals surface area contributed by atoms with E-state index in [1.54, 1.807) is 6.20 Å². The molecule has 1 N–H and O–H groups in total. The Morgan fingerprint density at radius 1 is 0.903 bits per heavy atom. The maximum absolute atomic E-state index is 13.4. The number of nitrogens with one attached hydrogen (secondary N) is 1. The Labute approximate surface area is 195 Å². The summed E-state index contributed by atoms with van der Waals surface area (Å²) in [6.45, 7) is 2.06. The van der Waals surface area contributed by atoms with E-state index < -0.39 is 6.04 Å². The van der Waals surface area contributed by atoms with Crippen LogP contribution in [0.5, 0.6) is 0 Å². The molecule has 0 radical (unpaired) electrons. The summed E-state index contributed by atoms with van der Waals surface area (Å²) >= 11 is 0. The van der Waals surface area contributed by atoms with Crippen molar-refractivity contribution in [1.29, 1.82) is 0 Å². The Morgan fingerprint density at radius 2 is 1.61 bits per heavy atom. The molecule has 1 aromatic heterocycles. The fourth-order valence-electron chi connectivity index (χ4n) is 3.66. The highest BCUT2D eigenvalue weighted by Gasteiger charge is 2.26. The van der Waals surface area contributed by atoms with Crippen molar-refractivity contribution in [2.24, 2.45) is 0 Å². The van der Waals surface area contributed by atoms with Gasteiger partial charge in [0.15, 0.2) is 0 Å². The Morgan fingerprint density at radius 3 is 2.35 bits per heavy atom. The molecule has 160 valence electrons. The molecule has 3 aromatic carbocycles. The lowest BCUT2D eigenvalue weighted by atomic mass is 10.0. The number of aromatic nitrogens is 1. The molecular weight excluding hydrogens is 429 g/mol. The van der Waals surface area contributed by atoms with Crippen molar-refractivity contribution in [2.45, 2.75) is 13.0 Å². The van der Waals surface area contributed by atoms with Gasteiger partial charge in [-0.25, -0.2) is 0 Å². The number of carbonyl (C=O) groups excluding carboxylic acids is 1. The second kappa shape index (κ2) is 10.8. The number of likely N-dealkylation sites (N-methyl/N-ethyl adjacent to an activating group) is 1. The molecule has 4 nitrogen and oxygen atoms in total. The average Bonchev–Trinajstić information content (AvgIpc) is 2.75. The quantitative estimate of drug-likeness (QED) is 0.390. The largest absolute Gasteiger partial charge is 0.359 e. The summed E-state index contributed by atoms with van der Waals surface area (Å²) in [6.07, 6.45) is 3.58. The smallest absolute Gasteiger partial charge is 0.251 e. The normalized spacial score (nSPS) is 11.0. The van der Waals surface area contributed by atoms with Gasteiger partial charge in [-0.3, -0.25) is 9.78 Å². The SMILES string of the molecule is Cc1ccccc1N(C)C(C(=O)Nc1ccc2cnccc2c1)c1ccccc1.Cl.Cl. The van der Waals surface area contributed by atoms with Crippen molar-refractivity contribution < 1.29 is 4.79 Å². The molecule has 0 bridgehead atoms. The van der Waals surface area contributed by atoms with Crippen LogP contribution in [0.3, 0.4) is 0 Å². The molecule has 0 spiro atoms. The first-order chi connectivity index (χ1) is 14.1. The molecule has 0 fully saturated rings. The monoisotopic (exact) mass is 453 g/mol. The predicted octanol–water partition coefficient (Wildman–Crippen LogP) is 6.20. The summed E-state index contributed by atoms with van der Waals surface area (Å²) in [5.74, 6) is -0.0737. The van der Waals surface area contributed by atoms with Gasteiger partial charge in [0.2, 0.25) is 0 Å². The van der Waals surface area contributed by atoms with Gasteiger partial charge in [0, 0.05) is 36.2 Å². The fourth-order valence-corrected chi connectivity index (χ4v) is 3.66. The molecule has 6 heteroatoms. The van der Waals surface area contributed by atoms with Crippen LogP contribution in [0, 0.1) is 6.92 Å². The number of anilines is 2. The Kier molecular flexibility index (Phi) is 8.43. The van der Waals surface area contributed by atoms with Crippen LogP contribution >= 0.6 is 24.8 Å². The van der Waals surface area contributed by atoms with Crippen molar-refractivity contribution in [3.05, 3.63) is 102 Å². The number of hydrogen-bond acceptors (Lipinski definition) is 3. The molecule has 0 aliphatic rings. The lowest BCUT2D eigenvalue weighted by molar-refractivity contribution is -0.117. The van der Waals surface area contributed by atoms with Crippen LogP contribution in [-0.4, -0.2) is 17.9 Å². The average molecular weight is 454 g/mol. The van der Waals surface area contributed by atoms with Gasteiger partial charge in [-0.15, -0.1) is 24.8 Å². The number of para-hydroxylation sites is 1. The minimum absolute atomic E-state index is 0. The van der Waals surface area contributed by atoms with Crippen LogP contribution in [0.4, 0.5) is 11.4 Å². The van der Waals surface area contributed by atoms with E-state index in [2.05, 4.69) is 23.3 Å². The lowest BCUT2D eigenvalue weighted by Crippen LogP contribution is -2.35. The van der Waals surface area contributed by atoms with Crippen LogP contribution in [0.15, 0.2) is 91.3 Å². The lowest BCUT2D eigenvalue weighted by Gasteiger charge is -2.30. The number of nitrogens with zero attached hydrogens (tertiary/aromatic N) is 2. The van der Waals surface area contributed by atoms with Gasteiger partial charge in [-0.1, -0.05) is 54.6 Å². The zero-order valence-corrected chi connectivity index (χ0v) is 19.0. The van der Waals surface area contributed by atoms with Gasteiger partial charge in [-0.05, 0) is 47.7 Å². The molecule has 31 heavy (non-hydrogen) atoms. The van der Waals surface area contributed by atoms with Gasteiger partial charge in [-0.2, -0.15) is 0 Å². The summed E-state index contributed by atoms with van der Waals surface area (Å²) in [5.41, 5.74) is 3.87. The Hall–Kier alpha value is -3.08. The zero-order valence-electron chi connectivity index (χ0n) is 17.4.